The fourth-order valence-electron chi connectivity index (χ4n) is 4.29. The van der Waals surface area contributed by atoms with Crippen molar-refractivity contribution >= 4 is 5.69 Å². The molecule has 18 heavy (non-hydrogen) atoms. The quantitative estimate of drug-likeness (QED) is 0.798. The zero-order valence-electron chi connectivity index (χ0n) is 11.8. The number of para-hydroxylation sites is 1. The Balaban J connectivity index is 2.03. The molecule has 0 saturated heterocycles. The second-order valence-corrected chi connectivity index (χ2v) is 6.40. The van der Waals surface area contributed by atoms with Gasteiger partial charge in [-0.2, -0.15) is 0 Å². The zero-order valence-corrected chi connectivity index (χ0v) is 11.8. The molecule has 0 amide bonds. The molecule has 1 aromatic rings. The average Bonchev–Trinajstić information content (AvgIpc) is 2.66. The molecule has 0 spiro atoms. The molecule has 2 aliphatic rings. The molecule has 0 radical (unpaired) electrons. The minimum Gasteiger partial charge on any atom is -0.378 e. The van der Waals surface area contributed by atoms with Gasteiger partial charge in [0.25, 0.3) is 0 Å². The van der Waals surface area contributed by atoms with E-state index in [9.17, 15) is 0 Å². The van der Waals surface area contributed by atoms with Gasteiger partial charge < -0.3 is 5.32 Å². The Morgan fingerprint density at radius 3 is 2.78 bits per heavy atom. The van der Waals surface area contributed by atoms with E-state index in [1.54, 1.807) is 5.56 Å². The van der Waals surface area contributed by atoms with Crippen LogP contribution in [0.1, 0.15) is 64.4 Å². The summed E-state index contributed by atoms with van der Waals surface area (Å²) in [6.07, 6.45) is 9.45. The van der Waals surface area contributed by atoms with E-state index in [-0.39, 0.29) is 0 Å². The van der Waals surface area contributed by atoms with E-state index in [0.717, 1.165) is 0 Å². The molecule has 1 nitrogen and oxygen atoms in total. The van der Waals surface area contributed by atoms with Crippen LogP contribution in [0.2, 0.25) is 0 Å². The summed E-state index contributed by atoms with van der Waals surface area (Å²) in [5.74, 6) is 0. The monoisotopic (exact) mass is 243 g/mol. The van der Waals surface area contributed by atoms with Crippen molar-refractivity contribution in [2.24, 2.45) is 0 Å². The van der Waals surface area contributed by atoms with Gasteiger partial charge in [-0.1, -0.05) is 57.7 Å². The van der Waals surface area contributed by atoms with E-state index in [1.165, 1.54) is 50.6 Å². The Kier molecular flexibility index (Phi) is 2.88. The highest BCUT2D eigenvalue weighted by Gasteiger charge is 2.54. The highest BCUT2D eigenvalue weighted by Crippen LogP contribution is 2.56. The maximum absolute atomic E-state index is 3.93. The average molecular weight is 243 g/mol. The van der Waals surface area contributed by atoms with E-state index in [4.69, 9.17) is 0 Å². The molecule has 1 fully saturated rings. The van der Waals surface area contributed by atoms with E-state index >= 15 is 0 Å². The molecule has 1 N–H and O–H groups in total. The Morgan fingerprint density at radius 1 is 1.17 bits per heavy atom. The highest BCUT2D eigenvalue weighted by molar-refractivity contribution is 5.64. The van der Waals surface area contributed by atoms with Gasteiger partial charge in [0.1, 0.15) is 0 Å². The minimum absolute atomic E-state index is 0.338. The van der Waals surface area contributed by atoms with Crippen LogP contribution in [0, 0.1) is 0 Å². The molecule has 2 atom stereocenters. The van der Waals surface area contributed by atoms with Gasteiger partial charge in [0.05, 0.1) is 0 Å². The van der Waals surface area contributed by atoms with Gasteiger partial charge in [-0.25, -0.2) is 0 Å². The van der Waals surface area contributed by atoms with Gasteiger partial charge in [0.2, 0.25) is 0 Å². The first-order valence-electron chi connectivity index (χ1n) is 7.60. The van der Waals surface area contributed by atoms with Gasteiger partial charge >= 0.3 is 0 Å². The first-order chi connectivity index (χ1) is 8.72. The van der Waals surface area contributed by atoms with Gasteiger partial charge in [-0.3, -0.25) is 0 Å². The van der Waals surface area contributed by atoms with Crippen molar-refractivity contribution in [2.45, 2.75) is 69.7 Å². The van der Waals surface area contributed by atoms with Crippen LogP contribution < -0.4 is 5.32 Å². The first kappa shape index (κ1) is 12.1. The van der Waals surface area contributed by atoms with Gasteiger partial charge in [-0.05, 0) is 30.9 Å². The SMILES string of the molecule is CCCC[C@@]12CCCC[C@]1(C)c1ccccc1N2. The molecule has 3 rings (SSSR count). The molecule has 1 saturated carbocycles. The Hall–Kier alpha value is -0.980. The summed E-state index contributed by atoms with van der Waals surface area (Å²) < 4.78 is 0. The predicted molar refractivity (Wildman–Crippen MR) is 78.1 cm³/mol. The molecule has 0 bridgehead atoms. The van der Waals surface area contributed by atoms with Crippen LogP contribution in [-0.4, -0.2) is 5.54 Å². The van der Waals surface area contributed by atoms with Crippen LogP contribution in [0.4, 0.5) is 5.69 Å². The van der Waals surface area contributed by atoms with Crippen LogP contribution in [0.3, 0.4) is 0 Å². The molecular formula is C17H25N. The third-order valence-electron chi connectivity index (χ3n) is 5.44. The van der Waals surface area contributed by atoms with Crippen molar-refractivity contribution in [3.63, 3.8) is 0 Å². The molecular weight excluding hydrogens is 218 g/mol. The molecule has 98 valence electrons. The molecule has 0 aromatic heterocycles. The lowest BCUT2D eigenvalue weighted by molar-refractivity contribution is 0.180. The Morgan fingerprint density at radius 2 is 1.94 bits per heavy atom. The maximum Gasteiger partial charge on any atom is 0.0468 e. The van der Waals surface area contributed by atoms with Crippen molar-refractivity contribution in [1.29, 1.82) is 0 Å². The normalized spacial score (nSPS) is 33.7. The van der Waals surface area contributed by atoms with Crippen LogP contribution in [0.15, 0.2) is 24.3 Å². The standard InChI is InChI=1S/C17H25N/c1-3-4-12-17-13-8-7-11-16(17,2)14-9-5-6-10-15(14)18-17/h5-6,9-10,18H,3-4,7-8,11-13H2,1-2H3/t16-,17-/m1/s1. The second kappa shape index (κ2) is 4.29. The number of benzene rings is 1. The lowest BCUT2D eigenvalue weighted by Crippen LogP contribution is -2.52. The maximum atomic E-state index is 3.93. The van der Waals surface area contributed by atoms with Crippen molar-refractivity contribution in [3.05, 3.63) is 29.8 Å². The summed E-state index contributed by atoms with van der Waals surface area (Å²) >= 11 is 0. The Labute approximate surface area is 111 Å². The summed E-state index contributed by atoms with van der Waals surface area (Å²) in [4.78, 5) is 0. The third-order valence-corrected chi connectivity index (χ3v) is 5.44. The largest absolute Gasteiger partial charge is 0.378 e. The van der Waals surface area contributed by atoms with Crippen LogP contribution in [0.5, 0.6) is 0 Å². The number of fused-ring (bicyclic) bond motifs is 3. The molecule has 1 aromatic carbocycles. The predicted octanol–water partition coefficient (Wildman–Crippen LogP) is 4.87. The van der Waals surface area contributed by atoms with Crippen molar-refractivity contribution in [1.82, 2.24) is 0 Å². The van der Waals surface area contributed by atoms with Crippen molar-refractivity contribution in [3.8, 4) is 0 Å². The molecule has 1 aliphatic carbocycles. The molecule has 1 heteroatoms. The number of hydrogen-bond donors (Lipinski definition) is 1. The Bertz CT molecular complexity index is 439. The van der Waals surface area contributed by atoms with Crippen LogP contribution in [-0.2, 0) is 5.41 Å². The number of unbranched alkanes of at least 4 members (excludes halogenated alkanes) is 1. The van der Waals surface area contributed by atoms with E-state index in [1.807, 2.05) is 0 Å². The van der Waals surface area contributed by atoms with Crippen LogP contribution >= 0.6 is 0 Å². The smallest absolute Gasteiger partial charge is 0.0468 e. The minimum atomic E-state index is 0.338. The molecule has 1 heterocycles. The fraction of sp³-hybridized carbons (Fsp3) is 0.647. The summed E-state index contributed by atoms with van der Waals surface area (Å²) in [6.45, 7) is 4.81. The highest BCUT2D eigenvalue weighted by atomic mass is 15.1. The van der Waals surface area contributed by atoms with E-state index < -0.39 is 0 Å². The van der Waals surface area contributed by atoms with Gasteiger partial charge in [-0.15, -0.1) is 0 Å². The van der Waals surface area contributed by atoms with Crippen LogP contribution in [0.25, 0.3) is 0 Å². The van der Waals surface area contributed by atoms with Gasteiger partial charge in [0.15, 0.2) is 0 Å². The lowest BCUT2D eigenvalue weighted by Gasteiger charge is -2.48. The molecule has 0 unspecified atom stereocenters. The van der Waals surface area contributed by atoms with Gasteiger partial charge in [0, 0.05) is 16.6 Å². The van der Waals surface area contributed by atoms with Crippen molar-refractivity contribution < 1.29 is 0 Å². The fourth-order valence-corrected chi connectivity index (χ4v) is 4.29. The topological polar surface area (TPSA) is 12.0 Å². The van der Waals surface area contributed by atoms with E-state index in [0.29, 0.717) is 11.0 Å². The molecule has 1 aliphatic heterocycles. The number of rotatable bonds is 3. The third kappa shape index (κ3) is 1.52. The van der Waals surface area contributed by atoms with Crippen molar-refractivity contribution in [2.75, 3.05) is 5.32 Å². The second-order valence-electron chi connectivity index (χ2n) is 6.40. The summed E-state index contributed by atoms with van der Waals surface area (Å²) in [5, 5.41) is 3.93. The summed E-state index contributed by atoms with van der Waals surface area (Å²) in [6, 6.07) is 8.99. The first-order valence-corrected chi connectivity index (χ1v) is 7.60. The number of nitrogens with one attached hydrogen (secondary N) is 1. The summed E-state index contributed by atoms with van der Waals surface area (Å²) in [7, 11) is 0. The van der Waals surface area contributed by atoms with E-state index in [2.05, 4.69) is 43.4 Å². The number of hydrogen-bond acceptors (Lipinski definition) is 1. The lowest BCUT2D eigenvalue weighted by atomic mass is 9.59. The summed E-state index contributed by atoms with van der Waals surface area (Å²) in [5.41, 5.74) is 3.67. The number of anilines is 1. The zero-order chi connectivity index (χ0) is 12.6.